The lowest BCUT2D eigenvalue weighted by molar-refractivity contribution is -0.142. The fraction of sp³-hybridized carbons (Fsp3) is 0.471. The van der Waals surface area contributed by atoms with Crippen LogP contribution in [0.1, 0.15) is 25.3 Å². The molecule has 24 heavy (non-hydrogen) atoms. The molecule has 0 aliphatic carbocycles. The summed E-state index contributed by atoms with van der Waals surface area (Å²) in [4.78, 5) is 36.6. The Bertz CT molecular complexity index is 663. The highest BCUT2D eigenvalue weighted by Gasteiger charge is 2.41. The normalized spacial score (nSPS) is 18.8. The first kappa shape index (κ1) is 18.7. The maximum atomic E-state index is 12.1. The highest BCUT2D eigenvalue weighted by molar-refractivity contribution is 6.42. The molecule has 1 N–H and O–H groups in total. The van der Waals surface area contributed by atoms with Crippen LogP contribution in [0, 0.1) is 5.92 Å². The molecule has 2 amide bonds. The van der Waals surface area contributed by atoms with Crippen molar-refractivity contribution in [3.63, 3.8) is 0 Å². The van der Waals surface area contributed by atoms with E-state index >= 15 is 0 Å². The predicted octanol–water partition coefficient (Wildman–Crippen LogP) is 2.48. The van der Waals surface area contributed by atoms with Gasteiger partial charge in [-0.1, -0.05) is 29.3 Å². The van der Waals surface area contributed by atoms with Crippen LogP contribution in [0.3, 0.4) is 0 Å². The second-order valence-corrected chi connectivity index (χ2v) is 6.97. The summed E-state index contributed by atoms with van der Waals surface area (Å²) >= 11 is 11.9. The van der Waals surface area contributed by atoms with Crippen LogP contribution in [0.25, 0.3) is 0 Å². The maximum Gasteiger partial charge on any atom is 0.290 e. The number of ketones is 1. The van der Waals surface area contributed by atoms with E-state index in [1.165, 1.54) is 11.9 Å². The van der Waals surface area contributed by atoms with Gasteiger partial charge in [-0.2, -0.15) is 0 Å². The fourth-order valence-corrected chi connectivity index (χ4v) is 3.02. The number of carbonyl (C=O) groups excluding carboxylic acids is 3. The number of aryl methyl sites for hydroxylation is 1. The second-order valence-electron chi connectivity index (χ2n) is 6.15. The van der Waals surface area contributed by atoms with E-state index in [0.717, 1.165) is 24.8 Å². The zero-order valence-corrected chi connectivity index (χ0v) is 15.2. The Balaban J connectivity index is 1.78. The first-order valence-electron chi connectivity index (χ1n) is 7.83. The largest absolute Gasteiger partial charge is 0.353 e. The van der Waals surface area contributed by atoms with Crippen molar-refractivity contribution in [2.45, 2.75) is 32.2 Å². The van der Waals surface area contributed by atoms with Crippen molar-refractivity contribution in [2.75, 3.05) is 13.6 Å². The molecular formula is C17H20Cl2N2O3. The monoisotopic (exact) mass is 370 g/mol. The molecule has 1 saturated heterocycles. The summed E-state index contributed by atoms with van der Waals surface area (Å²) in [6, 6.07) is 5.46. The lowest BCUT2D eigenvalue weighted by Gasteiger charge is -2.16. The van der Waals surface area contributed by atoms with E-state index in [-0.39, 0.29) is 18.5 Å². The lowest BCUT2D eigenvalue weighted by Crippen LogP contribution is -2.40. The molecule has 1 aromatic carbocycles. The van der Waals surface area contributed by atoms with Gasteiger partial charge in [0.05, 0.1) is 10.0 Å². The highest BCUT2D eigenvalue weighted by atomic mass is 35.5. The van der Waals surface area contributed by atoms with Crippen LogP contribution in [-0.2, 0) is 20.8 Å². The van der Waals surface area contributed by atoms with Crippen molar-refractivity contribution in [3.8, 4) is 0 Å². The average molecular weight is 371 g/mol. The van der Waals surface area contributed by atoms with Gasteiger partial charge in [-0.3, -0.25) is 14.4 Å². The van der Waals surface area contributed by atoms with Crippen LogP contribution in [0.2, 0.25) is 10.0 Å². The number of halogens is 2. The third-order valence-electron chi connectivity index (χ3n) is 4.12. The summed E-state index contributed by atoms with van der Waals surface area (Å²) in [5.74, 6) is -2.49. The summed E-state index contributed by atoms with van der Waals surface area (Å²) < 4.78 is 0. The van der Waals surface area contributed by atoms with Gasteiger partial charge in [0.2, 0.25) is 11.7 Å². The number of likely N-dealkylation sites (tertiary alicyclic amines) is 1. The molecule has 1 fully saturated rings. The molecule has 2 unspecified atom stereocenters. The molecule has 0 radical (unpaired) electrons. The average Bonchev–Trinajstić information content (AvgIpc) is 2.78. The van der Waals surface area contributed by atoms with Gasteiger partial charge in [0.25, 0.3) is 5.91 Å². The molecule has 0 bridgehead atoms. The van der Waals surface area contributed by atoms with Gasteiger partial charge >= 0.3 is 0 Å². The van der Waals surface area contributed by atoms with Crippen LogP contribution < -0.4 is 5.32 Å². The summed E-state index contributed by atoms with van der Waals surface area (Å²) in [6.07, 6.45) is 2.44. The Hall–Kier alpha value is -1.59. The lowest BCUT2D eigenvalue weighted by atomic mass is 10.0. The summed E-state index contributed by atoms with van der Waals surface area (Å²) in [7, 11) is 1.52. The van der Waals surface area contributed by atoms with Gasteiger partial charge in [-0.15, -0.1) is 0 Å². The van der Waals surface area contributed by atoms with E-state index in [1.54, 1.807) is 6.07 Å². The third kappa shape index (κ3) is 4.48. The van der Waals surface area contributed by atoms with E-state index in [1.807, 2.05) is 19.1 Å². The number of nitrogens with one attached hydrogen (secondary N) is 1. The molecule has 1 aliphatic heterocycles. The van der Waals surface area contributed by atoms with Gasteiger partial charge in [0.1, 0.15) is 5.92 Å². The molecule has 5 nitrogen and oxygen atoms in total. The van der Waals surface area contributed by atoms with Crippen LogP contribution in [0.5, 0.6) is 0 Å². The van der Waals surface area contributed by atoms with E-state index in [0.29, 0.717) is 10.0 Å². The summed E-state index contributed by atoms with van der Waals surface area (Å²) in [6.45, 7) is 2.04. The van der Waals surface area contributed by atoms with Crippen molar-refractivity contribution in [1.29, 1.82) is 0 Å². The number of carbonyl (C=O) groups is 3. The zero-order valence-electron chi connectivity index (χ0n) is 13.6. The van der Waals surface area contributed by atoms with Crippen LogP contribution >= 0.6 is 23.2 Å². The first-order chi connectivity index (χ1) is 11.3. The molecular weight excluding hydrogens is 351 g/mol. The molecule has 0 spiro atoms. The number of amides is 2. The number of hydrogen-bond donors (Lipinski definition) is 1. The number of likely N-dealkylation sites (N-methyl/N-ethyl adjacent to an activating group) is 1. The Morgan fingerprint density at radius 1 is 1.33 bits per heavy atom. The summed E-state index contributed by atoms with van der Waals surface area (Å²) in [5, 5.41) is 3.88. The fourth-order valence-electron chi connectivity index (χ4n) is 2.70. The number of benzene rings is 1. The van der Waals surface area contributed by atoms with Crippen molar-refractivity contribution in [1.82, 2.24) is 10.2 Å². The molecule has 2 rings (SSSR count). The van der Waals surface area contributed by atoms with Gasteiger partial charge in [0, 0.05) is 19.6 Å². The molecule has 1 aromatic rings. The minimum absolute atomic E-state index is 0.0749. The Morgan fingerprint density at radius 2 is 2.04 bits per heavy atom. The van der Waals surface area contributed by atoms with Gasteiger partial charge in [-0.05, 0) is 43.9 Å². The van der Waals surface area contributed by atoms with Gasteiger partial charge in [-0.25, -0.2) is 0 Å². The zero-order chi connectivity index (χ0) is 17.9. The number of nitrogens with zero attached hydrogens (tertiary/aromatic N) is 1. The van der Waals surface area contributed by atoms with E-state index in [9.17, 15) is 14.4 Å². The number of Topliss-reactive ketones (excluding diaryl/α,β-unsaturated/α-hetero) is 1. The molecule has 0 aromatic heterocycles. The minimum Gasteiger partial charge on any atom is -0.353 e. The Kier molecular flexibility index (Phi) is 6.24. The van der Waals surface area contributed by atoms with Crippen molar-refractivity contribution in [2.24, 2.45) is 5.92 Å². The second kappa shape index (κ2) is 7.99. The predicted molar refractivity (Wildman–Crippen MR) is 93.1 cm³/mol. The third-order valence-corrected chi connectivity index (χ3v) is 4.86. The number of hydrogen-bond acceptors (Lipinski definition) is 3. The molecule has 1 aliphatic rings. The van der Waals surface area contributed by atoms with Gasteiger partial charge in [0.15, 0.2) is 0 Å². The topological polar surface area (TPSA) is 66.5 Å². The van der Waals surface area contributed by atoms with Crippen molar-refractivity contribution >= 4 is 40.8 Å². The van der Waals surface area contributed by atoms with E-state index in [2.05, 4.69) is 5.32 Å². The molecule has 130 valence electrons. The van der Waals surface area contributed by atoms with Crippen LogP contribution in [0.15, 0.2) is 18.2 Å². The quantitative estimate of drug-likeness (QED) is 0.617. The highest BCUT2D eigenvalue weighted by Crippen LogP contribution is 2.23. The maximum absolute atomic E-state index is 12.1. The van der Waals surface area contributed by atoms with Gasteiger partial charge < -0.3 is 10.2 Å². The number of rotatable bonds is 6. The SMILES string of the molecule is CC(CCCc1ccc(Cl)c(Cl)c1)NC(=O)C1CN(C)C(=O)C1=O. The minimum atomic E-state index is -0.889. The summed E-state index contributed by atoms with van der Waals surface area (Å²) in [5.41, 5.74) is 1.08. The molecule has 1 heterocycles. The van der Waals surface area contributed by atoms with Crippen molar-refractivity contribution in [3.05, 3.63) is 33.8 Å². The van der Waals surface area contributed by atoms with Crippen LogP contribution in [-0.4, -0.2) is 42.1 Å². The molecule has 2 atom stereocenters. The van der Waals surface area contributed by atoms with Crippen molar-refractivity contribution < 1.29 is 14.4 Å². The Morgan fingerprint density at radius 3 is 2.62 bits per heavy atom. The first-order valence-corrected chi connectivity index (χ1v) is 8.58. The van der Waals surface area contributed by atoms with E-state index < -0.39 is 17.6 Å². The smallest absolute Gasteiger partial charge is 0.290 e. The molecule has 7 heteroatoms. The van der Waals surface area contributed by atoms with E-state index in [4.69, 9.17) is 23.2 Å². The Labute approximate surface area is 151 Å². The van der Waals surface area contributed by atoms with Crippen LogP contribution in [0.4, 0.5) is 0 Å². The molecule has 0 saturated carbocycles. The standard InChI is InChI=1S/C17H20Cl2N2O3/c1-10(4-3-5-11-6-7-13(18)14(19)8-11)20-16(23)12-9-21(2)17(24)15(12)22/h6-8,10,12H,3-5,9H2,1-2H3,(H,20,23).